The molecule has 2 heterocycles. The number of nitrogens with one attached hydrogen (secondary N) is 1. The molecule has 6 rings (SSSR count). The number of carbonyl (C=O) groups is 1. The third kappa shape index (κ3) is 8.62. The third-order valence-corrected chi connectivity index (χ3v) is 10.3. The molecule has 7 nitrogen and oxygen atoms in total. The van der Waals surface area contributed by atoms with E-state index in [0.29, 0.717) is 72.9 Å². The van der Waals surface area contributed by atoms with Crippen LogP contribution in [-0.2, 0) is 17.8 Å². The fourth-order valence-electron chi connectivity index (χ4n) is 7.17. The van der Waals surface area contributed by atoms with Crippen molar-refractivity contribution in [2.75, 3.05) is 46.4 Å². The lowest BCUT2D eigenvalue weighted by atomic mass is 9.96. The second kappa shape index (κ2) is 16.3. The maximum absolute atomic E-state index is 15.9. The molecule has 0 aromatic heterocycles. The number of hydrogen-bond acceptors (Lipinski definition) is 6. The van der Waals surface area contributed by atoms with Crippen LogP contribution in [0.4, 0.5) is 8.78 Å². The van der Waals surface area contributed by atoms with E-state index in [1.54, 1.807) is 6.07 Å². The molecule has 3 aromatic carbocycles. The van der Waals surface area contributed by atoms with Gasteiger partial charge in [-0.3, -0.25) is 9.69 Å². The molecule has 11 heteroatoms. The van der Waals surface area contributed by atoms with Crippen molar-refractivity contribution in [1.82, 2.24) is 15.1 Å². The van der Waals surface area contributed by atoms with Crippen LogP contribution in [0.2, 0.25) is 10.0 Å². The molecule has 2 fully saturated rings. The summed E-state index contributed by atoms with van der Waals surface area (Å²) in [6.45, 7) is 6.53. The van der Waals surface area contributed by atoms with Gasteiger partial charge < -0.3 is 24.4 Å². The van der Waals surface area contributed by atoms with Crippen LogP contribution in [0.15, 0.2) is 48.5 Å². The van der Waals surface area contributed by atoms with Crippen molar-refractivity contribution in [2.45, 2.75) is 76.5 Å². The summed E-state index contributed by atoms with van der Waals surface area (Å²) in [4.78, 5) is 16.0. The van der Waals surface area contributed by atoms with Gasteiger partial charge in [0.25, 0.3) is 0 Å². The molecular formula is C38H45Cl2F2N3O4. The van der Waals surface area contributed by atoms with Gasteiger partial charge in [0.15, 0.2) is 6.10 Å². The van der Waals surface area contributed by atoms with E-state index >= 15 is 4.39 Å². The summed E-state index contributed by atoms with van der Waals surface area (Å²) < 4.78 is 47.7. The normalized spacial score (nSPS) is 21.2. The number of halogens is 4. The van der Waals surface area contributed by atoms with E-state index in [-0.39, 0.29) is 18.4 Å². The Morgan fingerprint density at radius 1 is 0.980 bits per heavy atom. The second-order valence-electron chi connectivity index (χ2n) is 13.3. The van der Waals surface area contributed by atoms with Gasteiger partial charge in [-0.1, -0.05) is 53.5 Å². The molecule has 2 saturated heterocycles. The Hall–Kier alpha value is -3.11. The fraction of sp³-hybridized carbons (Fsp3) is 0.500. The van der Waals surface area contributed by atoms with E-state index in [1.807, 2.05) is 56.4 Å². The van der Waals surface area contributed by atoms with Crippen LogP contribution in [0.5, 0.6) is 17.2 Å². The number of hydrogen-bond donors (Lipinski definition) is 1. The minimum absolute atomic E-state index is 0.0881. The van der Waals surface area contributed by atoms with Crippen LogP contribution in [0.25, 0.3) is 11.1 Å². The number of ether oxygens (including phenoxy) is 3. The Kier molecular flexibility index (Phi) is 11.9. The number of nitrogens with zero attached hydrogens (tertiary/aromatic N) is 2. The van der Waals surface area contributed by atoms with Gasteiger partial charge in [0.05, 0.1) is 23.3 Å². The number of carbonyl (C=O) groups excluding carboxylic acids is 1. The average Bonchev–Trinajstić information content (AvgIpc) is 3.63. The lowest BCUT2D eigenvalue weighted by molar-refractivity contribution is -0.119. The minimum atomic E-state index is -1.30. The lowest BCUT2D eigenvalue weighted by Crippen LogP contribution is -2.36. The number of rotatable bonds is 14. The van der Waals surface area contributed by atoms with E-state index < -0.39 is 18.4 Å². The quantitative estimate of drug-likeness (QED) is 0.171. The number of fused-ring (bicyclic) bond motifs is 1. The molecule has 49 heavy (non-hydrogen) atoms. The highest BCUT2D eigenvalue weighted by Crippen LogP contribution is 2.46. The van der Waals surface area contributed by atoms with Gasteiger partial charge in [-0.05, 0) is 68.5 Å². The van der Waals surface area contributed by atoms with Gasteiger partial charge >= 0.3 is 0 Å². The SMILES string of the molecule is CCOc1cc(O[C@@H]2c3cccc(-c4cccc(OCCCN5CCC(F)CC5)c4Cl)c3C[C@@H]2F)c(Cl)cc1CN(C)C[C@H]1CCC(=O)N1. The molecule has 3 atom stereocenters. The van der Waals surface area contributed by atoms with Crippen molar-refractivity contribution in [3.05, 3.63) is 75.3 Å². The van der Waals surface area contributed by atoms with Gasteiger partial charge in [-0.15, -0.1) is 0 Å². The van der Waals surface area contributed by atoms with E-state index in [4.69, 9.17) is 37.4 Å². The van der Waals surface area contributed by atoms with Crippen LogP contribution >= 0.6 is 23.2 Å². The van der Waals surface area contributed by atoms with Crippen molar-refractivity contribution in [1.29, 1.82) is 0 Å². The number of piperidine rings is 1. The molecule has 3 aliphatic rings. The van der Waals surface area contributed by atoms with Gasteiger partial charge in [-0.25, -0.2) is 8.78 Å². The summed E-state index contributed by atoms with van der Waals surface area (Å²) in [7, 11) is 1.99. The number of alkyl halides is 2. The highest BCUT2D eigenvalue weighted by molar-refractivity contribution is 6.35. The molecule has 2 aliphatic heterocycles. The standard InChI is InChI=1S/C38H45Cl2F2N3O4/c1-3-47-34-21-35(31(39)19-24(34)22-44(2)23-26-11-12-36(46)43-26)49-38-29-9-4-7-27(30(29)20-32(38)42)28-8-5-10-33(37(28)40)48-18-6-15-45-16-13-25(41)14-17-45/h4-5,7-10,19,21,25-26,32,38H,3,6,11-18,20,22-23H2,1-2H3,(H,43,46)/t26-,32+,38-/m1/s1. The van der Waals surface area contributed by atoms with Crippen molar-refractivity contribution >= 4 is 29.1 Å². The fourth-order valence-corrected chi connectivity index (χ4v) is 7.69. The van der Waals surface area contributed by atoms with Crippen LogP contribution < -0.4 is 19.5 Å². The lowest BCUT2D eigenvalue weighted by Gasteiger charge is -2.28. The van der Waals surface area contributed by atoms with E-state index in [0.717, 1.165) is 60.3 Å². The zero-order valence-corrected chi connectivity index (χ0v) is 29.7. The molecule has 0 bridgehead atoms. The molecule has 0 unspecified atom stereocenters. The first-order valence-electron chi connectivity index (χ1n) is 17.3. The summed E-state index contributed by atoms with van der Waals surface area (Å²) in [5.74, 6) is 1.65. The Morgan fingerprint density at radius 3 is 2.51 bits per heavy atom. The molecule has 0 spiro atoms. The number of benzene rings is 3. The van der Waals surface area contributed by atoms with Crippen LogP contribution in [-0.4, -0.2) is 80.5 Å². The second-order valence-corrected chi connectivity index (χ2v) is 14.1. The van der Waals surface area contributed by atoms with E-state index in [2.05, 4.69) is 15.1 Å². The molecule has 1 aliphatic carbocycles. The maximum atomic E-state index is 15.9. The van der Waals surface area contributed by atoms with Gasteiger partial charge in [-0.2, -0.15) is 0 Å². The maximum Gasteiger partial charge on any atom is 0.220 e. The van der Waals surface area contributed by atoms with Gasteiger partial charge in [0, 0.05) is 68.8 Å². The largest absolute Gasteiger partial charge is 0.493 e. The molecule has 1 N–H and O–H groups in total. The number of amides is 1. The number of likely N-dealkylation sites (N-methyl/N-ethyl adjacent to an activating group) is 1. The zero-order valence-electron chi connectivity index (χ0n) is 28.2. The van der Waals surface area contributed by atoms with Gasteiger partial charge in [0.1, 0.15) is 29.6 Å². The molecule has 1 amide bonds. The Bertz CT molecular complexity index is 1620. The summed E-state index contributed by atoms with van der Waals surface area (Å²) >= 11 is 13.7. The highest BCUT2D eigenvalue weighted by Gasteiger charge is 2.37. The third-order valence-electron chi connectivity index (χ3n) is 9.62. The average molecular weight is 717 g/mol. The van der Waals surface area contributed by atoms with Crippen LogP contribution in [0.1, 0.15) is 61.8 Å². The predicted molar refractivity (Wildman–Crippen MR) is 190 cm³/mol. The smallest absolute Gasteiger partial charge is 0.220 e. The first-order chi connectivity index (χ1) is 23.7. The van der Waals surface area contributed by atoms with E-state index in [1.165, 1.54) is 0 Å². The molecule has 0 radical (unpaired) electrons. The van der Waals surface area contributed by atoms with E-state index in [9.17, 15) is 9.18 Å². The first kappa shape index (κ1) is 35.7. The molecule has 264 valence electrons. The highest BCUT2D eigenvalue weighted by atomic mass is 35.5. The summed E-state index contributed by atoms with van der Waals surface area (Å²) in [5.41, 5.74) is 4.09. The predicted octanol–water partition coefficient (Wildman–Crippen LogP) is 7.99. The summed E-state index contributed by atoms with van der Waals surface area (Å²) in [6, 6.07) is 15.1. The molecular weight excluding hydrogens is 671 g/mol. The van der Waals surface area contributed by atoms with Crippen molar-refractivity contribution in [2.24, 2.45) is 0 Å². The molecule has 0 saturated carbocycles. The molecule has 3 aromatic rings. The van der Waals surface area contributed by atoms with Crippen LogP contribution in [0.3, 0.4) is 0 Å². The minimum Gasteiger partial charge on any atom is -0.493 e. The topological polar surface area (TPSA) is 63.3 Å². The van der Waals surface area contributed by atoms with Crippen molar-refractivity contribution in [3.8, 4) is 28.4 Å². The Balaban J connectivity index is 1.15. The summed E-state index contributed by atoms with van der Waals surface area (Å²) in [5, 5.41) is 3.86. The zero-order chi connectivity index (χ0) is 34.5. The van der Waals surface area contributed by atoms with Crippen LogP contribution in [0, 0.1) is 0 Å². The monoisotopic (exact) mass is 715 g/mol. The van der Waals surface area contributed by atoms with Crippen molar-refractivity contribution in [3.63, 3.8) is 0 Å². The number of likely N-dealkylation sites (tertiary alicyclic amines) is 1. The van der Waals surface area contributed by atoms with Crippen molar-refractivity contribution < 1.29 is 27.8 Å². The first-order valence-corrected chi connectivity index (χ1v) is 18.1. The van der Waals surface area contributed by atoms with Gasteiger partial charge in [0.2, 0.25) is 5.91 Å². The Labute approximate surface area is 297 Å². The summed E-state index contributed by atoms with van der Waals surface area (Å²) in [6.07, 6.45) is 0.708. The Morgan fingerprint density at radius 2 is 1.76 bits per heavy atom.